The molecular weight excluding hydrogens is 264 g/mol. The van der Waals surface area contributed by atoms with E-state index < -0.39 is 0 Å². The molecular formula is C12H14N4O2S. The second-order valence-electron chi connectivity index (χ2n) is 3.87. The molecule has 2 rings (SSSR count). The summed E-state index contributed by atoms with van der Waals surface area (Å²) in [5, 5.41) is 8.01. The molecule has 0 bridgehead atoms. The van der Waals surface area contributed by atoms with Crippen LogP contribution < -0.4 is 15.2 Å². The second kappa shape index (κ2) is 5.23. The molecule has 1 heterocycles. The zero-order valence-corrected chi connectivity index (χ0v) is 11.7. The van der Waals surface area contributed by atoms with Gasteiger partial charge in [0.15, 0.2) is 0 Å². The van der Waals surface area contributed by atoms with Crippen LogP contribution in [-0.2, 0) is 0 Å². The molecule has 19 heavy (non-hydrogen) atoms. The van der Waals surface area contributed by atoms with Crippen LogP contribution in [0, 0.1) is 6.92 Å². The molecule has 100 valence electrons. The van der Waals surface area contributed by atoms with Crippen molar-refractivity contribution in [2.75, 3.05) is 14.2 Å². The number of ether oxygens (including phenoxy) is 2. The maximum Gasteiger partial charge on any atom is 0.143 e. The highest BCUT2D eigenvalue weighted by Gasteiger charge is 2.13. The second-order valence-corrected chi connectivity index (χ2v) is 4.31. The van der Waals surface area contributed by atoms with E-state index in [0.717, 1.165) is 11.4 Å². The van der Waals surface area contributed by atoms with Crippen LogP contribution in [0.1, 0.15) is 11.4 Å². The fourth-order valence-corrected chi connectivity index (χ4v) is 1.91. The standard InChI is InChI=1S/C12H14N4O2S/c1-7-11(12(13)19)14-15-16(7)8-4-9(17-2)6-10(5-8)18-3/h4-6H,1-3H3,(H2,13,19). The monoisotopic (exact) mass is 278 g/mol. The van der Waals surface area contributed by atoms with Crippen molar-refractivity contribution in [1.29, 1.82) is 0 Å². The van der Waals surface area contributed by atoms with E-state index in [4.69, 9.17) is 27.4 Å². The first-order chi connectivity index (χ1) is 9.06. The molecule has 1 aromatic heterocycles. The van der Waals surface area contributed by atoms with Crippen LogP contribution in [0.5, 0.6) is 11.5 Å². The molecule has 0 aliphatic carbocycles. The van der Waals surface area contributed by atoms with Crippen LogP contribution in [0.15, 0.2) is 18.2 Å². The molecule has 1 aromatic carbocycles. The molecule has 0 aliphatic heterocycles. The summed E-state index contributed by atoms with van der Waals surface area (Å²) in [5.41, 5.74) is 7.63. The smallest absolute Gasteiger partial charge is 0.143 e. The van der Waals surface area contributed by atoms with E-state index in [0.29, 0.717) is 17.2 Å². The Morgan fingerprint density at radius 2 is 1.79 bits per heavy atom. The van der Waals surface area contributed by atoms with Crippen LogP contribution in [0.4, 0.5) is 0 Å². The van der Waals surface area contributed by atoms with Gasteiger partial charge in [-0.3, -0.25) is 0 Å². The molecule has 0 fully saturated rings. The number of rotatable bonds is 4. The molecule has 0 unspecified atom stereocenters. The number of hydrogen-bond donors (Lipinski definition) is 1. The lowest BCUT2D eigenvalue weighted by Gasteiger charge is -2.09. The maximum absolute atomic E-state index is 5.58. The number of thiocarbonyl (C=S) groups is 1. The van der Waals surface area contributed by atoms with E-state index in [-0.39, 0.29) is 4.99 Å². The van der Waals surface area contributed by atoms with Gasteiger partial charge in [-0.15, -0.1) is 5.10 Å². The Bertz CT molecular complexity index is 602. The summed E-state index contributed by atoms with van der Waals surface area (Å²) in [6, 6.07) is 5.44. The predicted octanol–water partition coefficient (Wildman–Crippen LogP) is 1.23. The van der Waals surface area contributed by atoms with E-state index in [1.165, 1.54) is 0 Å². The average molecular weight is 278 g/mol. The van der Waals surface area contributed by atoms with Crippen molar-refractivity contribution in [3.05, 3.63) is 29.6 Å². The normalized spacial score (nSPS) is 10.3. The Morgan fingerprint density at radius 1 is 1.21 bits per heavy atom. The van der Waals surface area contributed by atoms with Gasteiger partial charge in [-0.2, -0.15) is 0 Å². The van der Waals surface area contributed by atoms with Crippen molar-refractivity contribution in [2.45, 2.75) is 6.92 Å². The van der Waals surface area contributed by atoms with Crippen molar-refractivity contribution in [3.8, 4) is 17.2 Å². The van der Waals surface area contributed by atoms with E-state index in [1.807, 2.05) is 19.1 Å². The summed E-state index contributed by atoms with van der Waals surface area (Å²) in [4.78, 5) is 0.221. The van der Waals surface area contributed by atoms with Gasteiger partial charge in [0.1, 0.15) is 22.2 Å². The molecule has 0 aliphatic rings. The number of methoxy groups -OCH3 is 2. The van der Waals surface area contributed by atoms with Crippen LogP contribution in [-0.4, -0.2) is 34.2 Å². The molecule has 0 spiro atoms. The largest absolute Gasteiger partial charge is 0.497 e. The summed E-state index contributed by atoms with van der Waals surface area (Å²) < 4.78 is 12.1. The van der Waals surface area contributed by atoms with Crippen LogP contribution in [0.25, 0.3) is 5.69 Å². The molecule has 2 aromatic rings. The fourth-order valence-electron chi connectivity index (χ4n) is 1.72. The number of hydrogen-bond acceptors (Lipinski definition) is 5. The molecule has 0 radical (unpaired) electrons. The summed E-state index contributed by atoms with van der Waals surface area (Å²) in [6.07, 6.45) is 0. The van der Waals surface area contributed by atoms with E-state index in [1.54, 1.807) is 25.0 Å². The van der Waals surface area contributed by atoms with Gasteiger partial charge in [0, 0.05) is 18.2 Å². The highest BCUT2D eigenvalue weighted by atomic mass is 32.1. The predicted molar refractivity (Wildman–Crippen MR) is 75.1 cm³/mol. The lowest BCUT2D eigenvalue weighted by molar-refractivity contribution is 0.393. The minimum absolute atomic E-state index is 0.221. The van der Waals surface area contributed by atoms with Gasteiger partial charge >= 0.3 is 0 Å². The fraction of sp³-hybridized carbons (Fsp3) is 0.250. The summed E-state index contributed by atoms with van der Waals surface area (Å²) >= 11 is 4.92. The first kappa shape index (κ1) is 13.3. The number of benzene rings is 1. The number of aromatic nitrogens is 3. The van der Waals surface area contributed by atoms with Crippen molar-refractivity contribution in [2.24, 2.45) is 5.73 Å². The van der Waals surface area contributed by atoms with E-state index in [9.17, 15) is 0 Å². The van der Waals surface area contributed by atoms with Crippen LogP contribution in [0.3, 0.4) is 0 Å². The van der Waals surface area contributed by atoms with Crippen molar-refractivity contribution < 1.29 is 9.47 Å². The molecule has 2 N–H and O–H groups in total. The number of nitrogens with zero attached hydrogens (tertiary/aromatic N) is 3. The van der Waals surface area contributed by atoms with Gasteiger partial charge in [0.05, 0.1) is 25.6 Å². The summed E-state index contributed by atoms with van der Waals surface area (Å²) in [5.74, 6) is 1.34. The van der Waals surface area contributed by atoms with E-state index >= 15 is 0 Å². The minimum atomic E-state index is 0.221. The van der Waals surface area contributed by atoms with Gasteiger partial charge in [-0.25, -0.2) is 4.68 Å². The van der Waals surface area contributed by atoms with Crippen molar-refractivity contribution >= 4 is 17.2 Å². The van der Waals surface area contributed by atoms with Crippen LogP contribution >= 0.6 is 12.2 Å². The van der Waals surface area contributed by atoms with Crippen molar-refractivity contribution in [3.63, 3.8) is 0 Å². The van der Waals surface area contributed by atoms with Gasteiger partial charge in [0.25, 0.3) is 0 Å². The Kier molecular flexibility index (Phi) is 3.66. The average Bonchev–Trinajstić information content (AvgIpc) is 2.80. The molecule has 0 saturated heterocycles. The highest BCUT2D eigenvalue weighted by molar-refractivity contribution is 7.80. The Balaban J connectivity index is 2.55. The third kappa shape index (κ3) is 2.50. The van der Waals surface area contributed by atoms with Crippen molar-refractivity contribution in [1.82, 2.24) is 15.0 Å². The quantitative estimate of drug-likeness (QED) is 0.848. The lowest BCUT2D eigenvalue weighted by atomic mass is 10.2. The molecule has 7 heteroatoms. The molecule has 6 nitrogen and oxygen atoms in total. The van der Waals surface area contributed by atoms with Crippen LogP contribution in [0.2, 0.25) is 0 Å². The summed E-state index contributed by atoms with van der Waals surface area (Å²) in [6.45, 7) is 1.85. The molecule has 0 atom stereocenters. The molecule has 0 saturated carbocycles. The Hall–Kier alpha value is -2.15. The van der Waals surface area contributed by atoms with Gasteiger partial charge in [-0.05, 0) is 6.92 Å². The Labute approximate surface area is 116 Å². The zero-order chi connectivity index (χ0) is 14.0. The molecule has 0 amide bonds. The third-order valence-electron chi connectivity index (χ3n) is 2.71. The lowest BCUT2D eigenvalue weighted by Crippen LogP contribution is -2.12. The zero-order valence-electron chi connectivity index (χ0n) is 10.9. The SMILES string of the molecule is COc1cc(OC)cc(-n2nnc(C(N)=S)c2C)c1. The van der Waals surface area contributed by atoms with Gasteiger partial charge in [0.2, 0.25) is 0 Å². The highest BCUT2D eigenvalue weighted by Crippen LogP contribution is 2.25. The first-order valence-corrected chi connectivity index (χ1v) is 5.93. The third-order valence-corrected chi connectivity index (χ3v) is 2.90. The van der Waals surface area contributed by atoms with Gasteiger partial charge in [-0.1, -0.05) is 17.4 Å². The maximum atomic E-state index is 5.58. The topological polar surface area (TPSA) is 75.2 Å². The van der Waals surface area contributed by atoms with Gasteiger partial charge < -0.3 is 15.2 Å². The Morgan fingerprint density at radius 3 is 2.21 bits per heavy atom. The first-order valence-electron chi connectivity index (χ1n) is 5.52. The number of nitrogens with two attached hydrogens (primary N) is 1. The minimum Gasteiger partial charge on any atom is -0.497 e. The van der Waals surface area contributed by atoms with E-state index in [2.05, 4.69) is 10.3 Å². The summed E-state index contributed by atoms with van der Waals surface area (Å²) in [7, 11) is 3.18.